The van der Waals surface area contributed by atoms with Crippen LogP contribution in [0.4, 0.5) is 18.9 Å². The number of carboxylic acids is 1. The molecular formula is C20H15F3INO3S. The van der Waals surface area contributed by atoms with Gasteiger partial charge in [-0.05, 0) is 65.5 Å². The van der Waals surface area contributed by atoms with Crippen LogP contribution in [0.15, 0.2) is 35.2 Å². The number of carbonyl (C=O) groups excluding carboxylic acids is 1. The zero-order chi connectivity index (χ0) is 20.9. The van der Waals surface area contributed by atoms with E-state index in [1.54, 1.807) is 30.0 Å². The van der Waals surface area contributed by atoms with Crippen molar-refractivity contribution in [2.45, 2.75) is 23.0 Å². The van der Waals surface area contributed by atoms with E-state index in [1.165, 1.54) is 0 Å². The smallest absolute Gasteiger partial charge is 0.307 e. The number of carbonyl (C=O) groups is 2. The van der Waals surface area contributed by atoms with Crippen LogP contribution in [-0.2, 0) is 4.79 Å². The Hall–Kier alpha value is -1.75. The number of hydrogen-bond acceptors (Lipinski definition) is 3. The van der Waals surface area contributed by atoms with Crippen molar-refractivity contribution in [3.05, 3.63) is 56.9 Å². The lowest BCUT2D eigenvalue weighted by atomic mass is 10.1. The standard InChI is InChI=1S/C20H15F3INO3S/c21-13-4-9(5-14(22)18(13)23)25-19(26)8-1-2-15(24)16(3-8)29-10-6-11-12(7-10)17(11)20(27)28/h1-5,10-12,17H,6-7H2,(H,25,26)(H,27,28). The molecule has 2 aromatic carbocycles. The van der Waals surface area contributed by atoms with E-state index in [4.69, 9.17) is 5.11 Å². The highest BCUT2D eigenvalue weighted by molar-refractivity contribution is 14.1. The van der Waals surface area contributed by atoms with Crippen LogP contribution in [0, 0.1) is 38.8 Å². The molecule has 0 spiro atoms. The highest BCUT2D eigenvalue weighted by Gasteiger charge is 2.59. The average Bonchev–Trinajstić information content (AvgIpc) is 3.18. The van der Waals surface area contributed by atoms with Gasteiger partial charge in [0.15, 0.2) is 17.5 Å². The Morgan fingerprint density at radius 1 is 1.07 bits per heavy atom. The normalized spacial score (nSPS) is 24.8. The monoisotopic (exact) mass is 533 g/mol. The van der Waals surface area contributed by atoms with Crippen molar-refractivity contribution >= 4 is 51.9 Å². The number of carboxylic acid groups (broad SMARTS) is 1. The second kappa shape index (κ2) is 7.82. The summed E-state index contributed by atoms with van der Waals surface area (Å²) in [7, 11) is 0. The van der Waals surface area contributed by atoms with Crippen LogP contribution in [0.5, 0.6) is 0 Å². The SMILES string of the molecule is O=C(Nc1cc(F)c(F)c(F)c1)c1ccc(I)c(SC2CC3C(C2)C3C(=O)O)c1. The third kappa shape index (κ3) is 4.11. The second-order valence-electron chi connectivity index (χ2n) is 7.26. The summed E-state index contributed by atoms with van der Waals surface area (Å²) in [5.74, 6) is -5.33. The number of thioether (sulfide) groups is 1. The van der Waals surface area contributed by atoms with Gasteiger partial charge in [-0.3, -0.25) is 9.59 Å². The fraction of sp³-hybridized carbons (Fsp3) is 0.300. The Labute approximate surface area is 182 Å². The van der Waals surface area contributed by atoms with E-state index in [0.717, 1.165) is 33.4 Å². The van der Waals surface area contributed by atoms with E-state index in [-0.39, 0.29) is 23.4 Å². The van der Waals surface area contributed by atoms with Crippen molar-refractivity contribution in [2.75, 3.05) is 5.32 Å². The van der Waals surface area contributed by atoms with Gasteiger partial charge in [0.05, 0.1) is 5.92 Å². The predicted octanol–water partition coefficient (Wildman–Crippen LogP) is 5.16. The molecule has 0 heterocycles. The number of nitrogens with one attached hydrogen (secondary N) is 1. The van der Waals surface area contributed by atoms with Gasteiger partial charge in [0, 0.05) is 37.1 Å². The first-order valence-electron chi connectivity index (χ1n) is 8.89. The van der Waals surface area contributed by atoms with Crippen LogP contribution < -0.4 is 5.32 Å². The maximum absolute atomic E-state index is 13.3. The van der Waals surface area contributed by atoms with Crippen molar-refractivity contribution in [2.24, 2.45) is 17.8 Å². The van der Waals surface area contributed by atoms with E-state index >= 15 is 0 Å². The molecule has 4 rings (SSSR count). The largest absolute Gasteiger partial charge is 0.481 e. The third-order valence-electron chi connectivity index (χ3n) is 5.42. The molecule has 2 fully saturated rings. The lowest BCUT2D eigenvalue weighted by Crippen LogP contribution is -2.13. The van der Waals surface area contributed by atoms with Crippen LogP contribution in [-0.4, -0.2) is 22.2 Å². The van der Waals surface area contributed by atoms with Crippen LogP contribution in [0.25, 0.3) is 0 Å². The minimum absolute atomic E-state index is 0.172. The molecule has 2 aliphatic carbocycles. The Bertz CT molecular complexity index is 983. The summed E-state index contributed by atoms with van der Waals surface area (Å²) in [5, 5.41) is 11.8. The minimum atomic E-state index is -1.59. The van der Waals surface area contributed by atoms with Gasteiger partial charge in [0.2, 0.25) is 0 Å². The van der Waals surface area contributed by atoms with Crippen molar-refractivity contribution < 1.29 is 27.9 Å². The molecule has 2 aliphatic rings. The highest BCUT2D eigenvalue weighted by atomic mass is 127. The Balaban J connectivity index is 1.44. The van der Waals surface area contributed by atoms with Gasteiger partial charge in [-0.1, -0.05) is 0 Å². The molecule has 2 N–H and O–H groups in total. The Kier molecular flexibility index (Phi) is 5.54. The molecule has 4 nitrogen and oxygen atoms in total. The van der Waals surface area contributed by atoms with Gasteiger partial charge in [0.1, 0.15) is 0 Å². The number of amides is 1. The van der Waals surface area contributed by atoms with E-state index in [0.29, 0.717) is 10.8 Å². The van der Waals surface area contributed by atoms with Gasteiger partial charge in [0.25, 0.3) is 5.91 Å². The van der Waals surface area contributed by atoms with Crippen LogP contribution in [0.3, 0.4) is 0 Å². The number of halogens is 4. The van der Waals surface area contributed by atoms with E-state index in [2.05, 4.69) is 27.9 Å². The van der Waals surface area contributed by atoms with Crippen molar-refractivity contribution in [3.8, 4) is 0 Å². The molecule has 0 saturated heterocycles. The van der Waals surface area contributed by atoms with Crippen LogP contribution in [0.2, 0.25) is 0 Å². The molecule has 0 aromatic heterocycles. The Morgan fingerprint density at radius 2 is 1.69 bits per heavy atom. The van der Waals surface area contributed by atoms with Crippen LogP contribution >= 0.6 is 34.4 Å². The average molecular weight is 533 g/mol. The summed E-state index contributed by atoms with van der Waals surface area (Å²) >= 11 is 3.79. The molecule has 0 aliphatic heterocycles. The zero-order valence-electron chi connectivity index (χ0n) is 14.8. The number of benzene rings is 2. The predicted molar refractivity (Wildman–Crippen MR) is 110 cm³/mol. The summed E-state index contributed by atoms with van der Waals surface area (Å²) in [6.07, 6.45) is 1.68. The van der Waals surface area contributed by atoms with Crippen molar-refractivity contribution in [3.63, 3.8) is 0 Å². The molecule has 152 valence electrons. The minimum Gasteiger partial charge on any atom is -0.481 e. The highest BCUT2D eigenvalue weighted by Crippen LogP contribution is 2.60. The van der Waals surface area contributed by atoms with Gasteiger partial charge < -0.3 is 10.4 Å². The summed E-state index contributed by atoms with van der Waals surface area (Å²) in [6, 6.07) is 6.53. The molecule has 2 atom stereocenters. The van der Waals surface area contributed by atoms with Gasteiger partial charge in [-0.25, -0.2) is 13.2 Å². The molecule has 9 heteroatoms. The zero-order valence-corrected chi connectivity index (χ0v) is 17.8. The molecule has 2 aromatic rings. The van der Waals surface area contributed by atoms with Crippen molar-refractivity contribution in [1.82, 2.24) is 0 Å². The maximum Gasteiger partial charge on any atom is 0.307 e. The fourth-order valence-corrected chi connectivity index (χ4v) is 6.09. The summed E-state index contributed by atoms with van der Waals surface area (Å²) in [5.41, 5.74) is 0.138. The lowest BCUT2D eigenvalue weighted by Gasteiger charge is -2.15. The molecule has 29 heavy (non-hydrogen) atoms. The molecule has 2 saturated carbocycles. The quantitative estimate of drug-likeness (QED) is 0.412. The number of rotatable bonds is 5. The molecule has 0 radical (unpaired) electrons. The topological polar surface area (TPSA) is 66.4 Å². The third-order valence-corrected chi connectivity index (χ3v) is 8.03. The fourth-order valence-electron chi connectivity index (χ4n) is 4.00. The number of aliphatic carboxylic acids is 1. The summed E-state index contributed by atoms with van der Waals surface area (Å²) < 4.78 is 40.7. The maximum atomic E-state index is 13.3. The van der Waals surface area contributed by atoms with E-state index < -0.39 is 29.3 Å². The van der Waals surface area contributed by atoms with Crippen LogP contribution in [0.1, 0.15) is 23.2 Å². The Morgan fingerprint density at radius 3 is 2.28 bits per heavy atom. The first-order valence-corrected chi connectivity index (χ1v) is 10.9. The summed E-state index contributed by atoms with van der Waals surface area (Å²) in [4.78, 5) is 24.5. The van der Waals surface area contributed by atoms with Crippen molar-refractivity contribution in [1.29, 1.82) is 0 Å². The first-order chi connectivity index (χ1) is 13.7. The van der Waals surface area contributed by atoms with E-state index in [9.17, 15) is 22.8 Å². The molecule has 2 unspecified atom stereocenters. The van der Waals surface area contributed by atoms with Gasteiger partial charge >= 0.3 is 5.97 Å². The molecule has 0 bridgehead atoms. The number of anilines is 1. The second-order valence-corrected chi connectivity index (χ2v) is 9.76. The summed E-state index contributed by atoms with van der Waals surface area (Å²) in [6.45, 7) is 0. The molecular weight excluding hydrogens is 518 g/mol. The lowest BCUT2D eigenvalue weighted by molar-refractivity contribution is -0.139. The van der Waals surface area contributed by atoms with Gasteiger partial charge in [-0.2, -0.15) is 0 Å². The number of fused-ring (bicyclic) bond motifs is 1. The number of hydrogen-bond donors (Lipinski definition) is 2. The first kappa shape index (κ1) is 20.5. The van der Waals surface area contributed by atoms with Gasteiger partial charge in [-0.15, -0.1) is 11.8 Å². The van der Waals surface area contributed by atoms with E-state index in [1.807, 2.05) is 0 Å². The molecule has 1 amide bonds.